The van der Waals surface area contributed by atoms with Crippen molar-refractivity contribution in [2.24, 2.45) is 0 Å². The number of aliphatic carboxylic acids is 1. The van der Waals surface area contributed by atoms with Gasteiger partial charge in [-0.15, -0.1) is 0 Å². The first-order valence-corrected chi connectivity index (χ1v) is 5.03. The van der Waals surface area contributed by atoms with E-state index in [4.69, 9.17) is 10.4 Å². The van der Waals surface area contributed by atoms with Gasteiger partial charge in [-0.2, -0.15) is 31.6 Å². The quantitative estimate of drug-likeness (QED) is 0.823. The Balaban J connectivity index is 3.80. The summed E-state index contributed by atoms with van der Waals surface area (Å²) >= 11 is 0. The maximum absolute atomic E-state index is 12.8. The third-order valence-corrected chi connectivity index (χ3v) is 2.47. The van der Waals surface area contributed by atoms with Crippen molar-refractivity contribution in [2.75, 3.05) is 0 Å². The molecule has 4 nitrogen and oxygen atoms in total. The Morgan fingerprint density at radius 2 is 1.67 bits per heavy atom. The van der Waals surface area contributed by atoms with Gasteiger partial charge < -0.3 is 10.2 Å². The van der Waals surface area contributed by atoms with Crippen LogP contribution in [0.25, 0.3) is 0 Å². The van der Waals surface area contributed by atoms with Crippen molar-refractivity contribution < 1.29 is 41.4 Å². The second-order valence-electron chi connectivity index (χ2n) is 3.80. The van der Waals surface area contributed by atoms with Gasteiger partial charge in [0.1, 0.15) is 6.07 Å². The topological polar surface area (TPSA) is 81.3 Å². The van der Waals surface area contributed by atoms with E-state index in [-0.39, 0.29) is 6.07 Å². The van der Waals surface area contributed by atoms with Crippen molar-refractivity contribution in [3.63, 3.8) is 0 Å². The number of halogens is 6. The predicted molar refractivity (Wildman–Crippen MR) is 53.8 cm³/mol. The second-order valence-corrected chi connectivity index (χ2v) is 3.80. The van der Waals surface area contributed by atoms with Gasteiger partial charge in [0.2, 0.25) is 0 Å². The Kier molecular flexibility index (Phi) is 4.19. The van der Waals surface area contributed by atoms with Gasteiger partial charge in [0.15, 0.2) is 6.10 Å². The maximum atomic E-state index is 12.8. The van der Waals surface area contributed by atoms with Gasteiger partial charge >= 0.3 is 18.3 Å². The second kappa shape index (κ2) is 5.25. The molecule has 0 aliphatic rings. The van der Waals surface area contributed by atoms with Crippen LogP contribution in [-0.4, -0.2) is 16.2 Å². The van der Waals surface area contributed by atoms with Crippen LogP contribution in [0.15, 0.2) is 12.1 Å². The molecule has 0 aliphatic heterocycles. The van der Waals surface area contributed by atoms with Crippen LogP contribution in [0.2, 0.25) is 0 Å². The normalized spacial score (nSPS) is 13.6. The van der Waals surface area contributed by atoms with Crippen molar-refractivity contribution >= 4 is 5.97 Å². The lowest BCUT2D eigenvalue weighted by molar-refractivity contribution is -0.162. The van der Waals surface area contributed by atoms with Crippen molar-refractivity contribution in [1.29, 1.82) is 5.26 Å². The zero-order valence-electron chi connectivity index (χ0n) is 9.75. The van der Waals surface area contributed by atoms with Crippen molar-refractivity contribution in [3.05, 3.63) is 34.4 Å². The Bertz CT molecular complexity index is 614. The van der Waals surface area contributed by atoms with Crippen molar-refractivity contribution in [2.45, 2.75) is 18.5 Å². The Morgan fingerprint density at radius 3 is 2.00 bits per heavy atom. The highest BCUT2D eigenvalue weighted by Crippen LogP contribution is 2.43. The Morgan fingerprint density at radius 1 is 1.14 bits per heavy atom. The molecular formula is C11H5F6NO3. The van der Waals surface area contributed by atoms with E-state index in [9.17, 15) is 36.2 Å². The fraction of sp³-hybridized carbons (Fsp3) is 0.273. The summed E-state index contributed by atoms with van der Waals surface area (Å²) < 4.78 is 76.2. The zero-order chi connectivity index (χ0) is 16.6. The summed E-state index contributed by atoms with van der Waals surface area (Å²) in [5.41, 5.74) is -7.10. The minimum atomic E-state index is -5.55. The Hall–Kier alpha value is -2.28. The van der Waals surface area contributed by atoms with Gasteiger partial charge in [-0.1, -0.05) is 6.07 Å². The molecule has 0 amide bonds. The molecule has 0 bridgehead atoms. The van der Waals surface area contributed by atoms with E-state index < -0.39 is 46.7 Å². The lowest BCUT2D eigenvalue weighted by atomic mass is 9.93. The molecule has 0 radical (unpaired) electrons. The first-order chi connectivity index (χ1) is 9.41. The fourth-order valence-corrected chi connectivity index (χ4v) is 1.63. The smallest absolute Gasteiger partial charge is 0.418 e. The molecule has 0 aromatic heterocycles. The number of rotatable bonds is 2. The molecule has 10 heteroatoms. The van der Waals surface area contributed by atoms with Crippen LogP contribution in [-0.2, 0) is 17.1 Å². The summed E-state index contributed by atoms with van der Waals surface area (Å²) in [5.74, 6) is -2.00. The molecule has 1 aromatic carbocycles. The molecule has 1 aromatic rings. The minimum Gasteiger partial charge on any atom is -0.479 e. The highest BCUT2D eigenvalue weighted by atomic mass is 19.4. The number of nitriles is 1. The maximum Gasteiger partial charge on any atom is 0.418 e. The summed E-state index contributed by atoms with van der Waals surface area (Å²) in [6.07, 6.45) is -13.5. The average Bonchev–Trinajstić information content (AvgIpc) is 2.33. The van der Waals surface area contributed by atoms with Crippen LogP contribution in [0.3, 0.4) is 0 Å². The summed E-state index contributed by atoms with van der Waals surface area (Å²) in [5, 5.41) is 26.4. The monoisotopic (exact) mass is 313 g/mol. The molecule has 1 rings (SSSR count). The van der Waals surface area contributed by atoms with E-state index in [1.54, 1.807) is 0 Å². The van der Waals surface area contributed by atoms with Crippen LogP contribution >= 0.6 is 0 Å². The van der Waals surface area contributed by atoms with Gasteiger partial charge in [-0.25, -0.2) is 4.79 Å². The largest absolute Gasteiger partial charge is 0.479 e. The Labute approximate surface area is 112 Å². The molecule has 1 atom stereocenters. The molecule has 0 fully saturated rings. The fourth-order valence-electron chi connectivity index (χ4n) is 1.63. The molecule has 114 valence electrons. The third kappa shape index (κ3) is 3.25. The number of nitrogens with zero attached hydrogens (tertiary/aromatic N) is 1. The first kappa shape index (κ1) is 16.8. The molecule has 21 heavy (non-hydrogen) atoms. The lowest BCUT2D eigenvalue weighted by Crippen LogP contribution is -2.21. The number of alkyl halides is 6. The van der Waals surface area contributed by atoms with E-state index in [1.807, 2.05) is 0 Å². The average molecular weight is 313 g/mol. The summed E-state index contributed by atoms with van der Waals surface area (Å²) in [6, 6.07) is 1.18. The van der Waals surface area contributed by atoms with E-state index >= 15 is 0 Å². The van der Waals surface area contributed by atoms with Gasteiger partial charge in [0.25, 0.3) is 0 Å². The summed E-state index contributed by atoms with van der Waals surface area (Å²) in [7, 11) is 0. The number of hydrogen-bond donors (Lipinski definition) is 2. The molecule has 0 spiro atoms. The molecule has 0 heterocycles. The van der Waals surface area contributed by atoms with Crippen molar-refractivity contribution in [3.8, 4) is 6.07 Å². The van der Waals surface area contributed by atoms with Crippen LogP contribution in [0, 0.1) is 11.3 Å². The number of carboxylic acids is 1. The SMILES string of the molecule is N#Cc1c(C(O)C(=O)O)ccc(C(F)(F)F)c1C(F)(F)F. The third-order valence-electron chi connectivity index (χ3n) is 2.47. The highest BCUT2D eigenvalue weighted by molar-refractivity contribution is 5.75. The number of aliphatic hydroxyl groups excluding tert-OH is 1. The van der Waals surface area contributed by atoms with Crippen LogP contribution in [0.5, 0.6) is 0 Å². The van der Waals surface area contributed by atoms with Crippen molar-refractivity contribution in [1.82, 2.24) is 0 Å². The standard InChI is InChI=1S/C11H5F6NO3/c12-10(13,14)6-2-1-4(8(19)9(20)21)5(3-18)7(6)11(15,16)17/h1-2,8,19H,(H,20,21). The predicted octanol–water partition coefficient (Wildman–Crippen LogP) is 2.71. The number of benzene rings is 1. The molecule has 0 saturated heterocycles. The number of carboxylic acid groups (broad SMARTS) is 1. The van der Waals surface area contributed by atoms with Crippen LogP contribution in [0.1, 0.15) is 28.4 Å². The van der Waals surface area contributed by atoms with E-state index in [1.165, 1.54) is 0 Å². The van der Waals surface area contributed by atoms with Gasteiger partial charge in [0.05, 0.1) is 16.7 Å². The molecule has 0 aliphatic carbocycles. The van der Waals surface area contributed by atoms with Crippen LogP contribution < -0.4 is 0 Å². The minimum absolute atomic E-state index is 0.0227. The van der Waals surface area contributed by atoms with E-state index in [2.05, 4.69) is 0 Å². The molecule has 0 saturated carbocycles. The summed E-state index contributed by atoms with van der Waals surface area (Å²) in [4.78, 5) is 10.5. The number of hydrogen-bond acceptors (Lipinski definition) is 3. The van der Waals surface area contributed by atoms with Crippen LogP contribution in [0.4, 0.5) is 26.3 Å². The molecule has 1 unspecified atom stereocenters. The van der Waals surface area contributed by atoms with Gasteiger partial charge in [-0.05, 0) is 6.07 Å². The molecular weight excluding hydrogens is 308 g/mol. The van der Waals surface area contributed by atoms with E-state index in [0.29, 0.717) is 6.07 Å². The molecule has 2 N–H and O–H groups in total. The lowest BCUT2D eigenvalue weighted by Gasteiger charge is -2.19. The number of carbonyl (C=O) groups is 1. The zero-order valence-corrected chi connectivity index (χ0v) is 9.75. The van der Waals surface area contributed by atoms with Gasteiger partial charge in [0, 0.05) is 5.56 Å². The summed E-state index contributed by atoms with van der Waals surface area (Å²) in [6.45, 7) is 0. The number of aliphatic hydroxyl groups is 1. The highest BCUT2D eigenvalue weighted by Gasteiger charge is 2.46. The van der Waals surface area contributed by atoms with Gasteiger partial charge in [-0.3, -0.25) is 0 Å². The first-order valence-electron chi connectivity index (χ1n) is 5.03. The van der Waals surface area contributed by atoms with E-state index in [0.717, 1.165) is 6.07 Å².